The molecule has 2 N–H and O–H groups in total. The number of hydrogen-bond donors (Lipinski definition) is 2. The number of amides is 2. The maximum atomic E-state index is 12.4. The molecule has 0 aromatic heterocycles. The third-order valence-electron chi connectivity index (χ3n) is 3.41. The van der Waals surface area contributed by atoms with Gasteiger partial charge in [-0.15, -0.1) is 0 Å². The molecule has 2 aromatic carbocycles. The SMILES string of the molecule is CCCC(=O)Nc1ccc(Cl)c(NC(=O)c2ccc(C)c(Cl)c2)c1. The van der Waals surface area contributed by atoms with Crippen LogP contribution >= 0.6 is 23.2 Å². The predicted octanol–water partition coefficient (Wildman–Crippen LogP) is 5.29. The van der Waals surface area contributed by atoms with Crippen LogP contribution in [0.3, 0.4) is 0 Å². The number of hydrogen-bond acceptors (Lipinski definition) is 2. The second-order valence-corrected chi connectivity index (χ2v) is 6.23. The van der Waals surface area contributed by atoms with Crippen molar-refractivity contribution in [2.75, 3.05) is 10.6 Å². The van der Waals surface area contributed by atoms with E-state index in [-0.39, 0.29) is 11.8 Å². The van der Waals surface area contributed by atoms with E-state index in [4.69, 9.17) is 23.2 Å². The van der Waals surface area contributed by atoms with Crippen molar-refractivity contribution in [2.45, 2.75) is 26.7 Å². The summed E-state index contributed by atoms with van der Waals surface area (Å²) in [4.78, 5) is 24.0. The fraction of sp³-hybridized carbons (Fsp3) is 0.222. The Kier molecular flexibility index (Phi) is 6.23. The number of carbonyl (C=O) groups excluding carboxylic acids is 2. The summed E-state index contributed by atoms with van der Waals surface area (Å²) in [5, 5.41) is 6.41. The van der Waals surface area contributed by atoms with Gasteiger partial charge < -0.3 is 10.6 Å². The zero-order valence-electron chi connectivity index (χ0n) is 13.5. The van der Waals surface area contributed by atoms with Gasteiger partial charge in [0.1, 0.15) is 0 Å². The average Bonchev–Trinajstić information content (AvgIpc) is 2.53. The molecule has 0 atom stereocenters. The smallest absolute Gasteiger partial charge is 0.255 e. The molecule has 2 aromatic rings. The van der Waals surface area contributed by atoms with Crippen LogP contribution < -0.4 is 10.6 Å². The summed E-state index contributed by atoms with van der Waals surface area (Å²) in [6.07, 6.45) is 1.20. The van der Waals surface area contributed by atoms with E-state index in [0.29, 0.717) is 33.4 Å². The first-order valence-corrected chi connectivity index (χ1v) is 8.33. The molecule has 0 unspecified atom stereocenters. The molecule has 0 spiro atoms. The highest BCUT2D eigenvalue weighted by atomic mass is 35.5. The van der Waals surface area contributed by atoms with Gasteiger partial charge in [-0.05, 0) is 49.2 Å². The van der Waals surface area contributed by atoms with E-state index >= 15 is 0 Å². The molecule has 0 saturated heterocycles. The number of anilines is 2. The Balaban J connectivity index is 2.17. The molecule has 0 heterocycles. The molecule has 0 aliphatic heterocycles. The first-order valence-electron chi connectivity index (χ1n) is 7.57. The number of benzene rings is 2. The molecular formula is C18H18Cl2N2O2. The van der Waals surface area contributed by atoms with E-state index < -0.39 is 0 Å². The average molecular weight is 365 g/mol. The van der Waals surface area contributed by atoms with Crippen molar-refractivity contribution in [3.63, 3.8) is 0 Å². The Morgan fingerprint density at radius 2 is 1.75 bits per heavy atom. The van der Waals surface area contributed by atoms with Crippen molar-refractivity contribution >= 4 is 46.4 Å². The number of aryl methyl sites for hydroxylation is 1. The zero-order chi connectivity index (χ0) is 17.7. The van der Waals surface area contributed by atoms with Gasteiger partial charge in [-0.25, -0.2) is 0 Å². The van der Waals surface area contributed by atoms with Crippen molar-refractivity contribution in [3.05, 3.63) is 57.6 Å². The van der Waals surface area contributed by atoms with E-state index in [0.717, 1.165) is 12.0 Å². The van der Waals surface area contributed by atoms with Crippen LogP contribution in [0.2, 0.25) is 10.0 Å². The lowest BCUT2D eigenvalue weighted by molar-refractivity contribution is -0.116. The normalized spacial score (nSPS) is 10.3. The highest BCUT2D eigenvalue weighted by molar-refractivity contribution is 6.34. The van der Waals surface area contributed by atoms with Crippen molar-refractivity contribution in [2.24, 2.45) is 0 Å². The monoisotopic (exact) mass is 364 g/mol. The molecule has 126 valence electrons. The molecule has 0 bridgehead atoms. The van der Waals surface area contributed by atoms with Crippen molar-refractivity contribution in [1.82, 2.24) is 0 Å². The third-order valence-corrected chi connectivity index (χ3v) is 4.15. The lowest BCUT2D eigenvalue weighted by Crippen LogP contribution is -2.14. The lowest BCUT2D eigenvalue weighted by atomic mass is 10.1. The third kappa shape index (κ3) is 4.73. The second-order valence-electron chi connectivity index (χ2n) is 5.41. The first-order chi connectivity index (χ1) is 11.4. The van der Waals surface area contributed by atoms with Crippen molar-refractivity contribution in [3.8, 4) is 0 Å². The quantitative estimate of drug-likeness (QED) is 0.756. The van der Waals surface area contributed by atoms with Gasteiger partial charge in [0, 0.05) is 22.7 Å². The fourth-order valence-corrected chi connectivity index (χ4v) is 2.42. The second kappa shape index (κ2) is 8.18. The molecule has 0 saturated carbocycles. The van der Waals surface area contributed by atoms with E-state index in [1.54, 1.807) is 36.4 Å². The molecule has 24 heavy (non-hydrogen) atoms. The largest absolute Gasteiger partial charge is 0.326 e. The van der Waals surface area contributed by atoms with E-state index in [2.05, 4.69) is 10.6 Å². The summed E-state index contributed by atoms with van der Waals surface area (Å²) >= 11 is 12.2. The van der Waals surface area contributed by atoms with Gasteiger partial charge >= 0.3 is 0 Å². The summed E-state index contributed by atoms with van der Waals surface area (Å²) in [6.45, 7) is 3.79. The molecule has 0 aliphatic carbocycles. The topological polar surface area (TPSA) is 58.2 Å². The van der Waals surface area contributed by atoms with Crippen LogP contribution in [0.25, 0.3) is 0 Å². The first kappa shape index (κ1) is 18.3. The van der Waals surface area contributed by atoms with Crippen molar-refractivity contribution < 1.29 is 9.59 Å². The van der Waals surface area contributed by atoms with Gasteiger partial charge in [-0.2, -0.15) is 0 Å². The fourth-order valence-electron chi connectivity index (χ4n) is 2.08. The lowest BCUT2D eigenvalue weighted by Gasteiger charge is -2.11. The summed E-state index contributed by atoms with van der Waals surface area (Å²) in [6, 6.07) is 10.0. The molecule has 0 radical (unpaired) electrons. The van der Waals surface area contributed by atoms with Crippen LogP contribution in [-0.2, 0) is 4.79 Å². The summed E-state index contributed by atoms with van der Waals surface area (Å²) in [5.74, 6) is -0.404. The highest BCUT2D eigenvalue weighted by Crippen LogP contribution is 2.27. The number of nitrogens with one attached hydrogen (secondary N) is 2. The minimum atomic E-state index is -0.323. The predicted molar refractivity (Wildman–Crippen MR) is 99.1 cm³/mol. The Bertz CT molecular complexity index is 776. The maximum Gasteiger partial charge on any atom is 0.255 e. The van der Waals surface area contributed by atoms with Gasteiger partial charge in [-0.3, -0.25) is 9.59 Å². The molecule has 0 aliphatic rings. The van der Waals surface area contributed by atoms with Crippen LogP contribution in [0.4, 0.5) is 11.4 Å². The Labute approximate surface area is 151 Å². The Hall–Kier alpha value is -2.04. The van der Waals surface area contributed by atoms with Crippen LogP contribution in [-0.4, -0.2) is 11.8 Å². The number of carbonyl (C=O) groups is 2. The van der Waals surface area contributed by atoms with E-state index in [1.165, 1.54) is 0 Å². The van der Waals surface area contributed by atoms with Gasteiger partial charge in [0.2, 0.25) is 5.91 Å². The standard InChI is InChI=1S/C18H18Cl2N2O2/c1-3-4-17(23)21-13-7-8-14(19)16(10-13)22-18(24)12-6-5-11(2)15(20)9-12/h5-10H,3-4H2,1-2H3,(H,21,23)(H,22,24). The van der Waals surface area contributed by atoms with Crippen LogP contribution in [0.5, 0.6) is 0 Å². The summed E-state index contributed by atoms with van der Waals surface area (Å²) in [5.41, 5.74) is 2.33. The van der Waals surface area contributed by atoms with Crippen LogP contribution in [0.15, 0.2) is 36.4 Å². The van der Waals surface area contributed by atoms with E-state index in [9.17, 15) is 9.59 Å². The Morgan fingerprint density at radius 1 is 1.00 bits per heavy atom. The van der Waals surface area contributed by atoms with Gasteiger partial charge in [-0.1, -0.05) is 36.2 Å². The Morgan fingerprint density at radius 3 is 2.42 bits per heavy atom. The molecule has 2 amide bonds. The maximum absolute atomic E-state index is 12.4. The van der Waals surface area contributed by atoms with Gasteiger partial charge in [0.25, 0.3) is 5.91 Å². The van der Waals surface area contributed by atoms with Gasteiger partial charge in [0.05, 0.1) is 10.7 Å². The van der Waals surface area contributed by atoms with Crippen LogP contribution in [0.1, 0.15) is 35.7 Å². The van der Waals surface area contributed by atoms with E-state index in [1.807, 2.05) is 13.8 Å². The molecule has 4 nitrogen and oxygen atoms in total. The summed E-state index contributed by atoms with van der Waals surface area (Å²) < 4.78 is 0. The molecule has 0 fully saturated rings. The minimum absolute atomic E-state index is 0.0811. The highest BCUT2D eigenvalue weighted by Gasteiger charge is 2.11. The number of halogens is 2. The van der Waals surface area contributed by atoms with Crippen molar-refractivity contribution in [1.29, 1.82) is 0 Å². The molecular weight excluding hydrogens is 347 g/mol. The summed E-state index contributed by atoms with van der Waals surface area (Å²) in [7, 11) is 0. The minimum Gasteiger partial charge on any atom is -0.326 e. The van der Waals surface area contributed by atoms with Crippen LogP contribution in [0, 0.1) is 6.92 Å². The zero-order valence-corrected chi connectivity index (χ0v) is 15.0. The molecule has 6 heteroatoms. The van der Waals surface area contributed by atoms with Gasteiger partial charge in [0.15, 0.2) is 0 Å². The number of rotatable bonds is 5. The molecule has 2 rings (SSSR count).